The van der Waals surface area contributed by atoms with Crippen LogP contribution in [0.1, 0.15) is 53.4 Å². The molecule has 2 unspecified atom stereocenters. The highest BCUT2D eigenvalue weighted by Crippen LogP contribution is 2.16. The van der Waals surface area contributed by atoms with Crippen LogP contribution in [0, 0.1) is 5.92 Å². The maximum atomic E-state index is 4.01. The largest absolute Gasteiger partial charge is 0.313 e. The maximum absolute atomic E-state index is 4.01. The Hall–Kier alpha value is -0.300. The van der Waals surface area contributed by atoms with Gasteiger partial charge in [0, 0.05) is 6.04 Å². The minimum atomic E-state index is 0.632. The zero-order valence-corrected chi connectivity index (χ0v) is 10.4. The molecule has 0 saturated heterocycles. The third-order valence-corrected chi connectivity index (χ3v) is 2.66. The lowest BCUT2D eigenvalue weighted by Gasteiger charge is -2.25. The van der Waals surface area contributed by atoms with Gasteiger partial charge in [-0.05, 0) is 38.6 Å². The smallest absolute Gasteiger partial charge is 0.0130 e. The molecule has 0 fully saturated rings. The normalized spacial score (nSPS) is 15.1. The summed E-state index contributed by atoms with van der Waals surface area (Å²) in [6.45, 7) is 14.1. The molecular weight excluding hydrogens is 170 g/mol. The van der Waals surface area contributed by atoms with Gasteiger partial charge in [0.15, 0.2) is 0 Å². The SMILES string of the molecule is C=C(C)CC(NCCC)C(C)CCC. The number of hydrogen-bond donors (Lipinski definition) is 1. The molecule has 14 heavy (non-hydrogen) atoms. The molecule has 2 atom stereocenters. The van der Waals surface area contributed by atoms with Gasteiger partial charge in [-0.25, -0.2) is 0 Å². The van der Waals surface area contributed by atoms with E-state index >= 15 is 0 Å². The Morgan fingerprint density at radius 3 is 2.36 bits per heavy atom. The van der Waals surface area contributed by atoms with E-state index in [2.05, 4.69) is 39.6 Å². The van der Waals surface area contributed by atoms with Crippen molar-refractivity contribution < 1.29 is 0 Å². The van der Waals surface area contributed by atoms with Gasteiger partial charge in [-0.3, -0.25) is 0 Å². The average Bonchev–Trinajstić information content (AvgIpc) is 2.12. The number of nitrogens with one attached hydrogen (secondary N) is 1. The van der Waals surface area contributed by atoms with Crippen molar-refractivity contribution in [1.29, 1.82) is 0 Å². The predicted octanol–water partition coefficient (Wildman–Crippen LogP) is 3.76. The first kappa shape index (κ1) is 13.7. The van der Waals surface area contributed by atoms with Gasteiger partial charge in [0.05, 0.1) is 0 Å². The lowest BCUT2D eigenvalue weighted by Crippen LogP contribution is -2.35. The third-order valence-electron chi connectivity index (χ3n) is 2.66. The summed E-state index contributed by atoms with van der Waals surface area (Å²) >= 11 is 0. The maximum Gasteiger partial charge on any atom is 0.0130 e. The van der Waals surface area contributed by atoms with Crippen LogP contribution in [0.2, 0.25) is 0 Å². The summed E-state index contributed by atoms with van der Waals surface area (Å²) in [6.07, 6.45) is 4.93. The molecule has 0 aliphatic rings. The second-order valence-electron chi connectivity index (χ2n) is 4.49. The van der Waals surface area contributed by atoms with E-state index < -0.39 is 0 Å². The fourth-order valence-corrected chi connectivity index (χ4v) is 1.84. The van der Waals surface area contributed by atoms with Crippen molar-refractivity contribution in [2.24, 2.45) is 5.92 Å². The Balaban J connectivity index is 4.00. The van der Waals surface area contributed by atoms with Crippen molar-refractivity contribution in [3.05, 3.63) is 12.2 Å². The Morgan fingerprint density at radius 1 is 1.29 bits per heavy atom. The monoisotopic (exact) mass is 197 g/mol. The predicted molar refractivity (Wildman–Crippen MR) is 65.6 cm³/mol. The highest BCUT2D eigenvalue weighted by molar-refractivity contribution is 4.94. The van der Waals surface area contributed by atoms with E-state index in [1.165, 1.54) is 24.8 Å². The molecule has 0 rings (SSSR count). The van der Waals surface area contributed by atoms with Gasteiger partial charge in [-0.2, -0.15) is 0 Å². The van der Waals surface area contributed by atoms with Crippen LogP contribution in [0.15, 0.2) is 12.2 Å². The molecule has 1 nitrogen and oxygen atoms in total. The van der Waals surface area contributed by atoms with E-state index in [4.69, 9.17) is 0 Å². The van der Waals surface area contributed by atoms with E-state index in [0.29, 0.717) is 6.04 Å². The van der Waals surface area contributed by atoms with Gasteiger partial charge in [0.1, 0.15) is 0 Å². The van der Waals surface area contributed by atoms with Crippen LogP contribution in [-0.2, 0) is 0 Å². The fraction of sp³-hybridized carbons (Fsp3) is 0.846. The summed E-state index contributed by atoms with van der Waals surface area (Å²) in [6, 6.07) is 0.632. The highest BCUT2D eigenvalue weighted by Gasteiger charge is 2.15. The number of rotatable bonds is 8. The molecule has 1 heteroatoms. The lowest BCUT2D eigenvalue weighted by molar-refractivity contribution is 0.352. The molecule has 0 aromatic rings. The van der Waals surface area contributed by atoms with Crippen LogP contribution in [0.25, 0.3) is 0 Å². The van der Waals surface area contributed by atoms with Crippen molar-refractivity contribution >= 4 is 0 Å². The van der Waals surface area contributed by atoms with Gasteiger partial charge in [-0.1, -0.05) is 32.8 Å². The second-order valence-corrected chi connectivity index (χ2v) is 4.49. The summed E-state index contributed by atoms with van der Waals surface area (Å²) in [4.78, 5) is 0. The van der Waals surface area contributed by atoms with Crippen LogP contribution >= 0.6 is 0 Å². The third kappa shape index (κ3) is 6.20. The number of hydrogen-bond acceptors (Lipinski definition) is 1. The van der Waals surface area contributed by atoms with E-state index in [9.17, 15) is 0 Å². The molecular formula is C13H27N. The molecule has 1 N–H and O–H groups in total. The molecule has 0 heterocycles. The average molecular weight is 197 g/mol. The molecule has 0 amide bonds. The van der Waals surface area contributed by atoms with E-state index in [1.807, 2.05) is 0 Å². The summed E-state index contributed by atoms with van der Waals surface area (Å²) in [5, 5.41) is 3.62. The van der Waals surface area contributed by atoms with Gasteiger partial charge in [-0.15, -0.1) is 6.58 Å². The van der Waals surface area contributed by atoms with Crippen molar-refractivity contribution in [2.75, 3.05) is 6.54 Å². The van der Waals surface area contributed by atoms with Gasteiger partial charge >= 0.3 is 0 Å². The molecule has 84 valence electrons. The first-order valence-electron chi connectivity index (χ1n) is 5.99. The molecule has 0 aliphatic carbocycles. The Morgan fingerprint density at radius 2 is 1.93 bits per heavy atom. The second kappa shape index (κ2) is 8.05. The molecule has 0 bridgehead atoms. The zero-order valence-electron chi connectivity index (χ0n) is 10.4. The van der Waals surface area contributed by atoms with Crippen LogP contribution < -0.4 is 5.32 Å². The van der Waals surface area contributed by atoms with Crippen molar-refractivity contribution in [2.45, 2.75) is 59.4 Å². The summed E-state index contributed by atoms with van der Waals surface area (Å²) in [7, 11) is 0. The van der Waals surface area contributed by atoms with Crippen molar-refractivity contribution in [3.63, 3.8) is 0 Å². The quantitative estimate of drug-likeness (QED) is 0.584. The Bertz CT molecular complexity index is 151. The fourth-order valence-electron chi connectivity index (χ4n) is 1.84. The van der Waals surface area contributed by atoms with E-state index in [-0.39, 0.29) is 0 Å². The van der Waals surface area contributed by atoms with E-state index in [1.54, 1.807) is 0 Å². The molecule has 0 radical (unpaired) electrons. The zero-order chi connectivity index (χ0) is 11.0. The van der Waals surface area contributed by atoms with Crippen LogP contribution in [0.4, 0.5) is 0 Å². The molecule has 0 saturated carbocycles. The Labute approximate surface area is 90.0 Å². The lowest BCUT2D eigenvalue weighted by atomic mass is 9.92. The van der Waals surface area contributed by atoms with Crippen molar-refractivity contribution in [1.82, 2.24) is 5.32 Å². The molecule has 0 aromatic carbocycles. The molecule has 0 aliphatic heterocycles. The first-order chi connectivity index (χ1) is 6.61. The molecule has 0 aromatic heterocycles. The van der Waals surface area contributed by atoms with Gasteiger partial charge < -0.3 is 5.32 Å². The minimum absolute atomic E-state index is 0.632. The Kier molecular flexibility index (Phi) is 7.87. The van der Waals surface area contributed by atoms with Crippen LogP contribution in [0.5, 0.6) is 0 Å². The van der Waals surface area contributed by atoms with E-state index in [0.717, 1.165) is 18.9 Å². The standard InChI is InChI=1S/C13H27N/c1-6-8-12(5)13(10-11(3)4)14-9-7-2/h12-14H,3,6-10H2,1-2,4-5H3. The topological polar surface area (TPSA) is 12.0 Å². The van der Waals surface area contributed by atoms with Crippen LogP contribution in [-0.4, -0.2) is 12.6 Å². The van der Waals surface area contributed by atoms with Gasteiger partial charge in [0.25, 0.3) is 0 Å². The highest BCUT2D eigenvalue weighted by atomic mass is 14.9. The first-order valence-corrected chi connectivity index (χ1v) is 5.99. The van der Waals surface area contributed by atoms with Crippen LogP contribution in [0.3, 0.4) is 0 Å². The summed E-state index contributed by atoms with van der Waals surface area (Å²) in [5.41, 5.74) is 1.29. The minimum Gasteiger partial charge on any atom is -0.313 e. The summed E-state index contributed by atoms with van der Waals surface area (Å²) < 4.78 is 0. The van der Waals surface area contributed by atoms with Gasteiger partial charge in [0.2, 0.25) is 0 Å². The van der Waals surface area contributed by atoms with Crippen molar-refractivity contribution in [3.8, 4) is 0 Å². The summed E-state index contributed by atoms with van der Waals surface area (Å²) in [5.74, 6) is 0.767. The molecule has 0 spiro atoms.